The number of piperidine rings is 1. The Morgan fingerprint density at radius 3 is 2.46 bits per heavy atom. The summed E-state index contributed by atoms with van der Waals surface area (Å²) in [6.45, 7) is 3.60. The average molecular weight is 656 g/mol. The summed E-state index contributed by atoms with van der Waals surface area (Å²) < 4.78 is 37.0. The van der Waals surface area contributed by atoms with Crippen LogP contribution < -0.4 is 4.90 Å². The molecule has 0 bridgehead atoms. The summed E-state index contributed by atoms with van der Waals surface area (Å²) in [5.41, 5.74) is -0.613. The van der Waals surface area contributed by atoms with Crippen LogP contribution in [0.25, 0.3) is 0 Å². The van der Waals surface area contributed by atoms with Crippen LogP contribution in [0.3, 0.4) is 0 Å². The lowest BCUT2D eigenvalue weighted by atomic mass is 9.91. The van der Waals surface area contributed by atoms with Gasteiger partial charge in [-0.25, -0.2) is 18.3 Å². The molecule has 13 heteroatoms. The van der Waals surface area contributed by atoms with Gasteiger partial charge in [-0.15, -0.1) is 0 Å². The Kier molecular flexibility index (Phi) is 7.58. The number of nitrogens with zero attached hydrogens (tertiary/aromatic N) is 4. The van der Waals surface area contributed by atoms with Crippen molar-refractivity contribution in [3.05, 3.63) is 68.7 Å². The van der Waals surface area contributed by atoms with Crippen molar-refractivity contribution < 1.29 is 22.7 Å². The summed E-state index contributed by atoms with van der Waals surface area (Å²) in [5.74, 6) is -0.945. The maximum Gasteiger partial charge on any atom is 0.324 e. The number of anilines is 2. The molecule has 1 amide bonds. The van der Waals surface area contributed by atoms with E-state index in [1.54, 1.807) is 50.2 Å². The molecule has 0 spiro atoms. The second-order valence-electron chi connectivity index (χ2n) is 9.46. The van der Waals surface area contributed by atoms with Gasteiger partial charge in [0.05, 0.1) is 18.5 Å². The molecule has 39 heavy (non-hydrogen) atoms. The van der Waals surface area contributed by atoms with Crippen LogP contribution in [0.5, 0.6) is 0 Å². The summed E-state index contributed by atoms with van der Waals surface area (Å²) in [4.78, 5) is 32.7. The monoisotopic (exact) mass is 654 g/mol. The number of benzene rings is 2. The van der Waals surface area contributed by atoms with Crippen LogP contribution in [0.15, 0.2) is 58.2 Å². The van der Waals surface area contributed by atoms with Gasteiger partial charge in [-0.2, -0.15) is 4.31 Å². The van der Waals surface area contributed by atoms with Gasteiger partial charge in [0.2, 0.25) is 5.95 Å². The smallest absolute Gasteiger partial charge is 0.324 e. The van der Waals surface area contributed by atoms with Crippen molar-refractivity contribution in [1.29, 1.82) is 0 Å². The number of fused-ring (bicyclic) bond motifs is 1. The predicted molar refractivity (Wildman–Crippen MR) is 151 cm³/mol. The van der Waals surface area contributed by atoms with Crippen molar-refractivity contribution in [1.82, 2.24) is 13.9 Å². The number of esters is 1. The lowest BCUT2D eigenvalue weighted by Gasteiger charge is -2.34. The number of carbonyl (C=O) groups is 2. The van der Waals surface area contributed by atoms with Gasteiger partial charge in [-0.05, 0) is 69.0 Å². The van der Waals surface area contributed by atoms with E-state index in [1.165, 1.54) is 26.0 Å². The molecule has 2 aliphatic rings. The number of carbonyl (C=O) groups excluding carboxylic acids is 2. The van der Waals surface area contributed by atoms with Crippen molar-refractivity contribution >= 4 is 72.7 Å². The summed E-state index contributed by atoms with van der Waals surface area (Å²) >= 11 is 15.9. The number of ether oxygens (including phenoxy) is 1. The molecule has 3 aromatic rings. The van der Waals surface area contributed by atoms with E-state index in [0.717, 1.165) is 4.47 Å². The standard InChI is InChI=1S/C26H25BrCl2N4O5S/c1-3-38-23(34)21-6-4-5-11-31(21)39(36,37)22-15-30-25-32(20-13-18(28)12-19(29)14-20)24(35)26(2,33(22)25)16-7-9-17(27)10-8-16/h7-10,12-15,21H,3-6,11H2,1-2H3/t21?,26-/m1/s1. The highest BCUT2D eigenvalue weighted by Gasteiger charge is 2.54. The van der Waals surface area contributed by atoms with E-state index in [2.05, 4.69) is 20.9 Å². The van der Waals surface area contributed by atoms with E-state index in [4.69, 9.17) is 27.9 Å². The molecule has 2 atom stereocenters. The van der Waals surface area contributed by atoms with E-state index in [9.17, 15) is 18.0 Å². The maximum absolute atomic E-state index is 14.3. The number of rotatable bonds is 6. The number of hydrogen-bond donors (Lipinski definition) is 0. The lowest BCUT2D eigenvalue weighted by Crippen LogP contribution is -2.49. The van der Waals surface area contributed by atoms with Crippen LogP contribution in [-0.4, -0.2) is 53.3 Å². The molecule has 1 fully saturated rings. The first-order chi connectivity index (χ1) is 18.5. The van der Waals surface area contributed by atoms with Gasteiger partial charge < -0.3 is 4.74 Å². The van der Waals surface area contributed by atoms with Gasteiger partial charge in [0.15, 0.2) is 10.6 Å². The Balaban J connectivity index is 1.72. The minimum atomic E-state index is -4.30. The number of aromatic nitrogens is 2. The van der Waals surface area contributed by atoms with Crippen molar-refractivity contribution in [3.63, 3.8) is 0 Å². The molecule has 1 saturated heterocycles. The Morgan fingerprint density at radius 1 is 1.15 bits per heavy atom. The van der Waals surface area contributed by atoms with Gasteiger partial charge in [0.25, 0.3) is 15.9 Å². The summed E-state index contributed by atoms with van der Waals surface area (Å²) in [6, 6.07) is 10.7. The molecule has 206 valence electrons. The first-order valence-electron chi connectivity index (χ1n) is 12.3. The number of sulfonamides is 1. The van der Waals surface area contributed by atoms with E-state index in [0.29, 0.717) is 40.6 Å². The third-order valence-corrected chi connectivity index (χ3v) is 9.91. The second kappa shape index (κ2) is 10.5. The van der Waals surface area contributed by atoms with Crippen LogP contribution in [-0.2, 0) is 29.9 Å². The molecule has 0 aliphatic carbocycles. The zero-order chi connectivity index (χ0) is 28.1. The molecule has 5 rings (SSSR count). The Labute approximate surface area is 244 Å². The maximum atomic E-state index is 14.3. The fraction of sp³-hybridized carbons (Fsp3) is 0.346. The minimum Gasteiger partial charge on any atom is -0.465 e. The average Bonchev–Trinajstić information content (AvgIpc) is 3.42. The highest BCUT2D eigenvalue weighted by Crippen LogP contribution is 2.46. The predicted octanol–water partition coefficient (Wildman–Crippen LogP) is 5.50. The van der Waals surface area contributed by atoms with Gasteiger partial charge in [0, 0.05) is 21.1 Å². The zero-order valence-corrected chi connectivity index (χ0v) is 25.0. The van der Waals surface area contributed by atoms with E-state index in [1.807, 2.05) is 0 Å². The number of imidazole rings is 1. The molecule has 1 aromatic heterocycles. The molecular formula is C26H25BrCl2N4O5S. The molecule has 2 aliphatic heterocycles. The van der Waals surface area contributed by atoms with Crippen molar-refractivity contribution in [3.8, 4) is 0 Å². The van der Waals surface area contributed by atoms with Crippen LogP contribution in [0.2, 0.25) is 10.0 Å². The van der Waals surface area contributed by atoms with Crippen molar-refractivity contribution in [2.45, 2.75) is 49.7 Å². The van der Waals surface area contributed by atoms with Crippen LogP contribution >= 0.6 is 39.1 Å². The number of hydrogen-bond acceptors (Lipinski definition) is 6. The SMILES string of the molecule is CCOC(=O)C1CCCCN1S(=O)(=O)c1cnc2n1[C@](C)(c1ccc(Br)cc1)C(=O)N2c1cc(Cl)cc(Cl)c1. The van der Waals surface area contributed by atoms with E-state index >= 15 is 0 Å². The minimum absolute atomic E-state index is 0.0898. The fourth-order valence-corrected chi connectivity index (χ4v) is 7.80. The van der Waals surface area contributed by atoms with Gasteiger partial charge in [-0.3, -0.25) is 14.2 Å². The Bertz CT molecular complexity index is 1540. The van der Waals surface area contributed by atoms with Gasteiger partial charge in [-0.1, -0.05) is 51.3 Å². The summed E-state index contributed by atoms with van der Waals surface area (Å²) in [5, 5.41) is 0.404. The zero-order valence-electron chi connectivity index (χ0n) is 21.1. The van der Waals surface area contributed by atoms with Crippen LogP contribution in [0.1, 0.15) is 38.7 Å². The molecule has 3 heterocycles. The van der Waals surface area contributed by atoms with Crippen molar-refractivity contribution in [2.75, 3.05) is 18.1 Å². The summed E-state index contributed by atoms with van der Waals surface area (Å²) in [7, 11) is -4.30. The van der Waals surface area contributed by atoms with Gasteiger partial charge in [0.1, 0.15) is 6.04 Å². The molecule has 0 N–H and O–H groups in total. The molecule has 9 nitrogen and oxygen atoms in total. The highest BCUT2D eigenvalue weighted by molar-refractivity contribution is 9.10. The Morgan fingerprint density at radius 2 is 1.82 bits per heavy atom. The molecule has 0 saturated carbocycles. The summed E-state index contributed by atoms with van der Waals surface area (Å²) in [6.07, 6.45) is 2.85. The second-order valence-corrected chi connectivity index (χ2v) is 13.1. The number of amides is 1. The molecule has 0 radical (unpaired) electrons. The third-order valence-electron chi connectivity index (χ3n) is 7.07. The molecular weight excluding hydrogens is 631 g/mol. The highest BCUT2D eigenvalue weighted by atomic mass is 79.9. The van der Waals surface area contributed by atoms with Crippen LogP contribution in [0, 0.1) is 0 Å². The topological polar surface area (TPSA) is 102 Å². The fourth-order valence-electron chi connectivity index (χ4n) is 5.21. The van der Waals surface area contributed by atoms with Gasteiger partial charge >= 0.3 is 5.97 Å². The number of halogens is 3. The quantitative estimate of drug-likeness (QED) is 0.325. The largest absolute Gasteiger partial charge is 0.465 e. The molecule has 2 aromatic carbocycles. The lowest BCUT2D eigenvalue weighted by molar-refractivity contribution is -0.148. The van der Waals surface area contributed by atoms with E-state index < -0.39 is 33.5 Å². The van der Waals surface area contributed by atoms with Crippen molar-refractivity contribution in [2.24, 2.45) is 0 Å². The molecule has 1 unspecified atom stereocenters. The van der Waals surface area contributed by atoms with E-state index in [-0.39, 0.29) is 24.1 Å². The first-order valence-corrected chi connectivity index (χ1v) is 15.3. The third kappa shape index (κ3) is 4.67. The van der Waals surface area contributed by atoms with Crippen LogP contribution in [0.4, 0.5) is 11.6 Å². The normalized spacial score (nSPS) is 21.7. The first kappa shape index (κ1) is 28.1. The Hall–Kier alpha value is -2.44.